The van der Waals surface area contributed by atoms with E-state index in [1.54, 1.807) is 9.80 Å². The van der Waals surface area contributed by atoms with Crippen LogP contribution in [0, 0.1) is 5.82 Å². The van der Waals surface area contributed by atoms with E-state index in [2.05, 4.69) is 0 Å². The molecule has 0 spiro atoms. The minimum Gasteiger partial charge on any atom is -0.368 e. The Bertz CT molecular complexity index is 547. The van der Waals surface area contributed by atoms with Gasteiger partial charge >= 0.3 is 0 Å². The van der Waals surface area contributed by atoms with Crippen molar-refractivity contribution in [3.8, 4) is 0 Å². The number of rotatable bonds is 2. The molecule has 22 heavy (non-hydrogen) atoms. The Balaban J connectivity index is 1.56. The van der Waals surface area contributed by atoms with Crippen molar-refractivity contribution in [1.29, 1.82) is 0 Å². The van der Waals surface area contributed by atoms with Gasteiger partial charge in [-0.3, -0.25) is 9.59 Å². The van der Waals surface area contributed by atoms with Crippen LogP contribution in [0.2, 0.25) is 0 Å². The lowest BCUT2D eigenvalue weighted by molar-refractivity contribution is -0.142. The highest BCUT2D eigenvalue weighted by Gasteiger charge is 2.31. The summed E-state index contributed by atoms with van der Waals surface area (Å²) in [6.07, 6.45) is 1.41. The summed E-state index contributed by atoms with van der Waals surface area (Å²) in [6.45, 7) is 2.68. The van der Waals surface area contributed by atoms with Gasteiger partial charge in [-0.25, -0.2) is 4.39 Å². The van der Waals surface area contributed by atoms with Crippen molar-refractivity contribution >= 4 is 11.8 Å². The number of halogens is 1. The van der Waals surface area contributed by atoms with Gasteiger partial charge in [0.25, 0.3) is 11.8 Å². The zero-order valence-corrected chi connectivity index (χ0v) is 12.3. The van der Waals surface area contributed by atoms with Crippen LogP contribution < -0.4 is 0 Å². The monoisotopic (exact) mass is 306 g/mol. The van der Waals surface area contributed by atoms with Crippen LogP contribution in [-0.4, -0.2) is 60.5 Å². The minimum atomic E-state index is -0.358. The maximum Gasteiger partial charge on any atom is 0.253 e. The lowest BCUT2D eigenvalue weighted by Crippen LogP contribution is -2.52. The van der Waals surface area contributed by atoms with Gasteiger partial charge in [0.15, 0.2) is 0 Å². The van der Waals surface area contributed by atoms with Crippen LogP contribution in [0.5, 0.6) is 0 Å². The van der Waals surface area contributed by atoms with Crippen LogP contribution in [0.1, 0.15) is 23.2 Å². The highest BCUT2D eigenvalue weighted by molar-refractivity contribution is 5.94. The fourth-order valence-electron chi connectivity index (χ4n) is 2.88. The molecule has 2 aliphatic rings. The molecule has 0 aromatic heterocycles. The third-order valence-electron chi connectivity index (χ3n) is 4.17. The van der Waals surface area contributed by atoms with Crippen LogP contribution >= 0.6 is 0 Å². The van der Waals surface area contributed by atoms with Gasteiger partial charge in [-0.15, -0.1) is 0 Å². The first-order chi connectivity index (χ1) is 10.6. The van der Waals surface area contributed by atoms with Gasteiger partial charge in [-0.05, 0) is 37.1 Å². The van der Waals surface area contributed by atoms with Gasteiger partial charge < -0.3 is 14.5 Å². The van der Waals surface area contributed by atoms with Crippen LogP contribution in [0.25, 0.3) is 0 Å². The van der Waals surface area contributed by atoms with Gasteiger partial charge in [0.1, 0.15) is 11.9 Å². The third-order valence-corrected chi connectivity index (χ3v) is 4.17. The topological polar surface area (TPSA) is 49.9 Å². The Morgan fingerprint density at radius 1 is 1.05 bits per heavy atom. The van der Waals surface area contributed by atoms with E-state index < -0.39 is 0 Å². The first-order valence-corrected chi connectivity index (χ1v) is 7.60. The summed E-state index contributed by atoms with van der Waals surface area (Å²) in [6, 6.07) is 5.54. The fourth-order valence-corrected chi connectivity index (χ4v) is 2.88. The SMILES string of the molecule is O=C(c1ccc(F)cc1)N1CCN(C(=O)C2CCCO2)CC1. The number of ether oxygens (including phenoxy) is 1. The first-order valence-electron chi connectivity index (χ1n) is 7.60. The number of hydrogen-bond donors (Lipinski definition) is 0. The summed E-state index contributed by atoms with van der Waals surface area (Å²) in [5.41, 5.74) is 0.473. The lowest BCUT2D eigenvalue weighted by Gasteiger charge is -2.35. The second-order valence-corrected chi connectivity index (χ2v) is 5.63. The van der Waals surface area contributed by atoms with Gasteiger partial charge in [0.2, 0.25) is 0 Å². The van der Waals surface area contributed by atoms with Gasteiger partial charge in [-0.2, -0.15) is 0 Å². The zero-order chi connectivity index (χ0) is 15.5. The summed E-state index contributed by atoms with van der Waals surface area (Å²) in [4.78, 5) is 28.0. The number of hydrogen-bond acceptors (Lipinski definition) is 3. The quantitative estimate of drug-likeness (QED) is 0.827. The average molecular weight is 306 g/mol. The van der Waals surface area contributed by atoms with Crippen LogP contribution in [-0.2, 0) is 9.53 Å². The van der Waals surface area contributed by atoms with Crippen LogP contribution in [0.3, 0.4) is 0 Å². The Labute approximate surface area is 128 Å². The zero-order valence-electron chi connectivity index (χ0n) is 12.3. The molecular formula is C16H19FN2O3. The summed E-state index contributed by atoms with van der Waals surface area (Å²) in [5, 5.41) is 0. The number of amides is 2. The molecule has 2 aliphatic heterocycles. The summed E-state index contributed by atoms with van der Waals surface area (Å²) < 4.78 is 18.3. The summed E-state index contributed by atoms with van der Waals surface area (Å²) >= 11 is 0. The van der Waals surface area contributed by atoms with E-state index in [-0.39, 0.29) is 23.7 Å². The molecule has 0 aliphatic carbocycles. The largest absolute Gasteiger partial charge is 0.368 e. The normalized spacial score (nSPS) is 22.0. The predicted molar refractivity (Wildman–Crippen MR) is 77.9 cm³/mol. The van der Waals surface area contributed by atoms with Crippen LogP contribution in [0.4, 0.5) is 4.39 Å². The Hall–Kier alpha value is -1.95. The number of piperazine rings is 1. The number of carbonyl (C=O) groups excluding carboxylic acids is 2. The predicted octanol–water partition coefficient (Wildman–Crippen LogP) is 1.29. The lowest BCUT2D eigenvalue weighted by atomic mass is 10.1. The molecule has 2 saturated heterocycles. The molecule has 0 saturated carbocycles. The van der Waals surface area contributed by atoms with E-state index in [0.29, 0.717) is 38.3 Å². The molecule has 5 nitrogen and oxygen atoms in total. The molecule has 0 N–H and O–H groups in total. The molecule has 3 rings (SSSR count). The second kappa shape index (κ2) is 6.44. The van der Waals surface area contributed by atoms with Crippen LogP contribution in [0.15, 0.2) is 24.3 Å². The minimum absolute atomic E-state index is 0.0337. The van der Waals surface area contributed by atoms with E-state index in [1.807, 2.05) is 0 Å². The molecular weight excluding hydrogens is 287 g/mol. The molecule has 1 atom stereocenters. The smallest absolute Gasteiger partial charge is 0.253 e. The standard InChI is InChI=1S/C16H19FN2O3/c17-13-5-3-12(4-6-13)15(20)18-7-9-19(10-8-18)16(21)14-2-1-11-22-14/h3-6,14H,1-2,7-11H2. The van der Waals surface area contributed by atoms with Crippen molar-refractivity contribution in [3.63, 3.8) is 0 Å². The van der Waals surface area contributed by atoms with E-state index >= 15 is 0 Å². The van der Waals surface area contributed by atoms with E-state index in [0.717, 1.165) is 12.8 Å². The molecule has 1 unspecified atom stereocenters. The van der Waals surface area contributed by atoms with Crippen molar-refractivity contribution in [1.82, 2.24) is 9.80 Å². The fraction of sp³-hybridized carbons (Fsp3) is 0.500. The molecule has 6 heteroatoms. The molecule has 1 aromatic rings. The van der Waals surface area contributed by atoms with Crippen molar-refractivity contribution in [2.45, 2.75) is 18.9 Å². The highest BCUT2D eigenvalue weighted by atomic mass is 19.1. The van der Waals surface area contributed by atoms with Crippen molar-refractivity contribution in [2.24, 2.45) is 0 Å². The maximum absolute atomic E-state index is 12.9. The Kier molecular flexibility index (Phi) is 4.38. The molecule has 1 aromatic carbocycles. The molecule has 2 heterocycles. The second-order valence-electron chi connectivity index (χ2n) is 5.63. The molecule has 2 fully saturated rings. The third kappa shape index (κ3) is 3.11. The Morgan fingerprint density at radius 3 is 2.27 bits per heavy atom. The van der Waals surface area contributed by atoms with Crippen molar-refractivity contribution in [2.75, 3.05) is 32.8 Å². The first kappa shape index (κ1) is 15.0. The summed E-state index contributed by atoms with van der Waals surface area (Å²) in [7, 11) is 0. The molecule has 0 radical (unpaired) electrons. The number of nitrogens with zero attached hydrogens (tertiary/aromatic N) is 2. The highest BCUT2D eigenvalue weighted by Crippen LogP contribution is 2.16. The molecule has 0 bridgehead atoms. The molecule has 2 amide bonds. The number of carbonyl (C=O) groups is 2. The number of benzene rings is 1. The van der Waals surface area contributed by atoms with Gasteiger partial charge in [0.05, 0.1) is 0 Å². The van der Waals surface area contributed by atoms with Crippen molar-refractivity contribution in [3.05, 3.63) is 35.6 Å². The van der Waals surface area contributed by atoms with E-state index in [4.69, 9.17) is 4.74 Å². The van der Waals surface area contributed by atoms with Crippen molar-refractivity contribution < 1.29 is 18.7 Å². The van der Waals surface area contributed by atoms with Gasteiger partial charge in [0, 0.05) is 38.3 Å². The average Bonchev–Trinajstić information content (AvgIpc) is 3.09. The Morgan fingerprint density at radius 2 is 1.68 bits per heavy atom. The van der Waals surface area contributed by atoms with Gasteiger partial charge in [-0.1, -0.05) is 0 Å². The van der Waals surface area contributed by atoms with E-state index in [1.165, 1.54) is 24.3 Å². The summed E-state index contributed by atoms with van der Waals surface area (Å²) in [5.74, 6) is -0.445. The maximum atomic E-state index is 12.9. The molecule has 118 valence electrons. The van der Waals surface area contributed by atoms with E-state index in [9.17, 15) is 14.0 Å².